The van der Waals surface area contributed by atoms with Gasteiger partial charge < -0.3 is 0 Å². The molecule has 2 aromatic rings. The van der Waals surface area contributed by atoms with Gasteiger partial charge in [0.25, 0.3) is 5.56 Å². The lowest BCUT2D eigenvalue weighted by Crippen LogP contribution is -2.23. The molecule has 0 saturated carbocycles. The molecule has 2 aromatic heterocycles. The van der Waals surface area contributed by atoms with Crippen molar-refractivity contribution in [1.82, 2.24) is 9.55 Å². The first-order chi connectivity index (χ1) is 9.76. The van der Waals surface area contributed by atoms with E-state index >= 15 is 0 Å². The SMILES string of the molecule is C=CCSc1nc2sc3c(c2c(=O)n1CC)CCCC3. The first kappa shape index (κ1) is 13.9. The van der Waals surface area contributed by atoms with Crippen molar-refractivity contribution in [2.45, 2.75) is 44.3 Å². The van der Waals surface area contributed by atoms with E-state index in [1.807, 2.05) is 13.0 Å². The number of aryl methyl sites for hydroxylation is 2. The quantitative estimate of drug-likeness (QED) is 0.491. The molecule has 0 unspecified atom stereocenters. The molecule has 20 heavy (non-hydrogen) atoms. The van der Waals surface area contributed by atoms with Crippen LogP contribution in [0.2, 0.25) is 0 Å². The van der Waals surface area contributed by atoms with E-state index in [2.05, 4.69) is 6.58 Å². The number of nitrogens with zero attached hydrogens (tertiary/aromatic N) is 2. The monoisotopic (exact) mass is 306 g/mol. The largest absolute Gasteiger partial charge is 0.287 e. The Hall–Kier alpha value is -1.07. The highest BCUT2D eigenvalue weighted by molar-refractivity contribution is 7.99. The first-order valence-electron chi connectivity index (χ1n) is 7.05. The molecule has 1 aliphatic carbocycles. The van der Waals surface area contributed by atoms with Crippen molar-refractivity contribution in [2.24, 2.45) is 0 Å². The Bertz CT molecular complexity index is 715. The number of hydrogen-bond acceptors (Lipinski definition) is 4. The zero-order chi connectivity index (χ0) is 14.1. The van der Waals surface area contributed by atoms with Crippen LogP contribution in [0.3, 0.4) is 0 Å². The third kappa shape index (κ3) is 2.23. The molecule has 0 bridgehead atoms. The molecule has 0 aromatic carbocycles. The minimum Gasteiger partial charge on any atom is -0.287 e. The second kappa shape index (κ2) is 5.74. The van der Waals surface area contributed by atoms with Gasteiger partial charge >= 0.3 is 0 Å². The Morgan fingerprint density at radius 2 is 2.25 bits per heavy atom. The Morgan fingerprint density at radius 1 is 1.45 bits per heavy atom. The molecule has 1 aliphatic rings. The van der Waals surface area contributed by atoms with Gasteiger partial charge in [0.05, 0.1) is 5.39 Å². The lowest BCUT2D eigenvalue weighted by atomic mass is 9.97. The second-order valence-corrected chi connectivity index (χ2v) is 7.01. The fraction of sp³-hybridized carbons (Fsp3) is 0.467. The van der Waals surface area contributed by atoms with Gasteiger partial charge in [0, 0.05) is 17.2 Å². The van der Waals surface area contributed by atoms with E-state index in [1.165, 1.54) is 23.3 Å². The topological polar surface area (TPSA) is 34.9 Å². The van der Waals surface area contributed by atoms with Gasteiger partial charge in [-0.15, -0.1) is 17.9 Å². The molecule has 0 amide bonds. The van der Waals surface area contributed by atoms with Gasteiger partial charge in [0.1, 0.15) is 4.83 Å². The van der Waals surface area contributed by atoms with Crippen LogP contribution >= 0.6 is 23.1 Å². The Labute approximate surface area is 126 Å². The lowest BCUT2D eigenvalue weighted by molar-refractivity contribution is 0.634. The maximum atomic E-state index is 12.8. The molecule has 0 aliphatic heterocycles. The van der Waals surface area contributed by atoms with E-state index < -0.39 is 0 Å². The van der Waals surface area contributed by atoms with Gasteiger partial charge in [-0.3, -0.25) is 9.36 Å². The lowest BCUT2D eigenvalue weighted by Gasteiger charge is -2.11. The molecule has 3 nitrogen and oxygen atoms in total. The van der Waals surface area contributed by atoms with Gasteiger partial charge in [-0.25, -0.2) is 4.98 Å². The van der Waals surface area contributed by atoms with E-state index in [9.17, 15) is 4.79 Å². The van der Waals surface area contributed by atoms with Gasteiger partial charge in [0.15, 0.2) is 5.16 Å². The highest BCUT2D eigenvalue weighted by Crippen LogP contribution is 2.34. The van der Waals surface area contributed by atoms with Crippen molar-refractivity contribution < 1.29 is 0 Å². The molecule has 5 heteroatoms. The number of hydrogen-bond donors (Lipinski definition) is 0. The van der Waals surface area contributed by atoms with E-state index in [0.29, 0.717) is 6.54 Å². The first-order valence-corrected chi connectivity index (χ1v) is 8.85. The van der Waals surface area contributed by atoms with Crippen LogP contribution in [0.25, 0.3) is 10.2 Å². The Balaban J connectivity index is 2.23. The fourth-order valence-electron chi connectivity index (χ4n) is 2.74. The summed E-state index contributed by atoms with van der Waals surface area (Å²) in [6.07, 6.45) is 6.42. The van der Waals surface area contributed by atoms with Crippen LogP contribution in [0.4, 0.5) is 0 Å². The summed E-state index contributed by atoms with van der Waals surface area (Å²) in [6.45, 7) is 6.41. The third-order valence-corrected chi connectivity index (χ3v) is 5.84. The highest BCUT2D eigenvalue weighted by Gasteiger charge is 2.21. The normalized spacial score (nSPS) is 14.4. The molecule has 106 valence electrons. The zero-order valence-electron chi connectivity index (χ0n) is 11.6. The van der Waals surface area contributed by atoms with Crippen LogP contribution in [-0.4, -0.2) is 15.3 Å². The molecule has 2 heterocycles. The van der Waals surface area contributed by atoms with Crippen molar-refractivity contribution >= 4 is 33.3 Å². The smallest absolute Gasteiger partial charge is 0.263 e. The molecule has 3 rings (SSSR count). The minimum atomic E-state index is 0.142. The van der Waals surface area contributed by atoms with Gasteiger partial charge in [-0.05, 0) is 38.2 Å². The summed E-state index contributed by atoms with van der Waals surface area (Å²) in [6, 6.07) is 0. The van der Waals surface area contributed by atoms with E-state index in [4.69, 9.17) is 4.98 Å². The number of fused-ring (bicyclic) bond motifs is 3. The average Bonchev–Trinajstić information content (AvgIpc) is 2.83. The fourth-order valence-corrected chi connectivity index (χ4v) is 4.84. The van der Waals surface area contributed by atoms with Crippen molar-refractivity contribution in [3.63, 3.8) is 0 Å². The molecular formula is C15H18N2OS2. The summed E-state index contributed by atoms with van der Waals surface area (Å²) in [4.78, 5) is 19.8. The van der Waals surface area contributed by atoms with Crippen LogP contribution in [0, 0.1) is 0 Å². The maximum absolute atomic E-state index is 12.8. The van der Waals surface area contributed by atoms with Gasteiger partial charge in [0.2, 0.25) is 0 Å². The van der Waals surface area contributed by atoms with Gasteiger partial charge in [-0.2, -0.15) is 0 Å². The maximum Gasteiger partial charge on any atom is 0.263 e. The number of thioether (sulfide) groups is 1. The highest BCUT2D eigenvalue weighted by atomic mass is 32.2. The second-order valence-electron chi connectivity index (χ2n) is 4.93. The molecule has 0 fully saturated rings. The summed E-state index contributed by atoms with van der Waals surface area (Å²) in [7, 11) is 0. The van der Waals surface area contributed by atoms with Crippen LogP contribution in [0.5, 0.6) is 0 Å². The molecular weight excluding hydrogens is 288 g/mol. The summed E-state index contributed by atoms with van der Waals surface area (Å²) in [5.41, 5.74) is 1.42. The summed E-state index contributed by atoms with van der Waals surface area (Å²) >= 11 is 3.30. The molecule has 0 N–H and O–H groups in total. The predicted molar refractivity (Wildman–Crippen MR) is 87.1 cm³/mol. The number of rotatable bonds is 4. The van der Waals surface area contributed by atoms with E-state index in [1.54, 1.807) is 27.7 Å². The zero-order valence-corrected chi connectivity index (χ0v) is 13.3. The molecule has 0 saturated heterocycles. The standard InChI is InChI=1S/C15H18N2OS2/c1-3-9-19-15-16-13-12(14(18)17(15)4-2)10-7-5-6-8-11(10)20-13/h3H,1,4-9H2,2H3. The summed E-state index contributed by atoms with van der Waals surface area (Å²) < 4.78 is 1.80. The molecule has 0 radical (unpaired) electrons. The van der Waals surface area contributed by atoms with Crippen molar-refractivity contribution in [1.29, 1.82) is 0 Å². The number of thiophene rings is 1. The number of aromatic nitrogens is 2. The van der Waals surface area contributed by atoms with Crippen molar-refractivity contribution in [2.75, 3.05) is 5.75 Å². The van der Waals surface area contributed by atoms with Crippen molar-refractivity contribution in [3.05, 3.63) is 33.4 Å². The van der Waals surface area contributed by atoms with Crippen molar-refractivity contribution in [3.8, 4) is 0 Å². The molecule has 0 atom stereocenters. The Morgan fingerprint density at radius 3 is 3.00 bits per heavy atom. The van der Waals surface area contributed by atoms with Gasteiger partial charge in [-0.1, -0.05) is 17.8 Å². The van der Waals surface area contributed by atoms with Crippen LogP contribution in [0.1, 0.15) is 30.2 Å². The van der Waals surface area contributed by atoms with Crippen LogP contribution in [0.15, 0.2) is 22.6 Å². The van der Waals surface area contributed by atoms with E-state index in [-0.39, 0.29) is 5.56 Å². The molecule has 0 spiro atoms. The summed E-state index contributed by atoms with van der Waals surface area (Å²) in [5, 5.41) is 1.71. The minimum absolute atomic E-state index is 0.142. The average molecular weight is 306 g/mol. The van der Waals surface area contributed by atoms with Crippen LogP contribution in [-0.2, 0) is 19.4 Å². The van der Waals surface area contributed by atoms with E-state index in [0.717, 1.165) is 34.0 Å². The predicted octanol–water partition coefficient (Wildman–Crippen LogP) is 3.63. The third-order valence-electron chi connectivity index (χ3n) is 3.69. The Kier molecular flexibility index (Phi) is 3.98. The summed E-state index contributed by atoms with van der Waals surface area (Å²) in [5.74, 6) is 0.781. The van der Waals surface area contributed by atoms with Crippen LogP contribution < -0.4 is 5.56 Å².